The fourth-order valence-corrected chi connectivity index (χ4v) is 3.20. The van der Waals surface area contributed by atoms with Gasteiger partial charge in [-0.05, 0) is 31.3 Å². The molecule has 0 atom stereocenters. The molecule has 102 valence electrons. The average Bonchev–Trinajstić information content (AvgIpc) is 2.72. The van der Waals surface area contributed by atoms with E-state index in [2.05, 4.69) is 11.2 Å². The molecule has 3 rings (SSSR count). The van der Waals surface area contributed by atoms with Crippen molar-refractivity contribution in [2.75, 3.05) is 0 Å². The molecule has 1 aromatic rings. The number of carbonyl (C=O) groups is 1. The van der Waals surface area contributed by atoms with Gasteiger partial charge in [0.1, 0.15) is 11.6 Å². The highest BCUT2D eigenvalue weighted by atomic mass is 16.1. The standard InChI is InChI=1S/C16H17N3O/c1-19-10-12(9-18-19)16-13-6-4-2-3-5-11(13)7-15(20)14(16)8-17/h9-10H,2-7H2,1H3. The lowest BCUT2D eigenvalue weighted by molar-refractivity contribution is -0.114. The van der Waals surface area contributed by atoms with E-state index >= 15 is 0 Å². The summed E-state index contributed by atoms with van der Waals surface area (Å²) in [6.07, 6.45) is 9.51. The molecular weight excluding hydrogens is 250 g/mol. The maximum Gasteiger partial charge on any atom is 0.178 e. The third-order valence-electron chi connectivity index (χ3n) is 4.14. The van der Waals surface area contributed by atoms with Gasteiger partial charge >= 0.3 is 0 Å². The maximum absolute atomic E-state index is 12.2. The van der Waals surface area contributed by atoms with Crippen LogP contribution < -0.4 is 0 Å². The van der Waals surface area contributed by atoms with Crippen molar-refractivity contribution in [1.29, 1.82) is 5.26 Å². The Hall–Kier alpha value is -2.15. The van der Waals surface area contributed by atoms with Crippen molar-refractivity contribution in [1.82, 2.24) is 9.78 Å². The number of ketones is 1. The minimum Gasteiger partial charge on any atom is -0.293 e. The molecule has 0 saturated heterocycles. The smallest absolute Gasteiger partial charge is 0.178 e. The van der Waals surface area contributed by atoms with Gasteiger partial charge in [0.2, 0.25) is 0 Å². The van der Waals surface area contributed by atoms with Crippen LogP contribution in [0.4, 0.5) is 0 Å². The Morgan fingerprint density at radius 1 is 1.30 bits per heavy atom. The zero-order valence-electron chi connectivity index (χ0n) is 11.6. The van der Waals surface area contributed by atoms with E-state index in [1.165, 1.54) is 17.6 Å². The monoisotopic (exact) mass is 267 g/mol. The molecule has 1 heterocycles. The van der Waals surface area contributed by atoms with Crippen molar-refractivity contribution < 1.29 is 4.79 Å². The largest absolute Gasteiger partial charge is 0.293 e. The Balaban J connectivity index is 2.19. The van der Waals surface area contributed by atoms with E-state index in [0.29, 0.717) is 12.0 Å². The van der Waals surface area contributed by atoms with Gasteiger partial charge < -0.3 is 0 Å². The number of aromatic nitrogens is 2. The van der Waals surface area contributed by atoms with Gasteiger partial charge in [0, 0.05) is 30.8 Å². The Labute approximate surface area is 118 Å². The van der Waals surface area contributed by atoms with Crippen LogP contribution in [-0.2, 0) is 11.8 Å². The van der Waals surface area contributed by atoms with Crippen LogP contribution in [0, 0.1) is 11.3 Å². The summed E-state index contributed by atoms with van der Waals surface area (Å²) in [5.74, 6) is -0.0352. The number of Topliss-reactive ketones (excluding diaryl/α,β-unsaturated/α-hetero) is 1. The quantitative estimate of drug-likeness (QED) is 0.786. The molecule has 0 aliphatic heterocycles. The summed E-state index contributed by atoms with van der Waals surface area (Å²) >= 11 is 0. The first kappa shape index (κ1) is 12.9. The second-order valence-corrected chi connectivity index (χ2v) is 5.51. The SMILES string of the molecule is Cn1cc(C2=C(C#N)C(=O)CC3=C2CCCCC3)cn1. The van der Waals surface area contributed by atoms with E-state index in [4.69, 9.17) is 0 Å². The molecular formula is C16H17N3O. The fraction of sp³-hybridized carbons (Fsp3) is 0.438. The molecule has 2 aliphatic rings. The van der Waals surface area contributed by atoms with Crippen molar-refractivity contribution in [2.24, 2.45) is 7.05 Å². The van der Waals surface area contributed by atoms with Gasteiger partial charge in [-0.1, -0.05) is 12.0 Å². The van der Waals surface area contributed by atoms with Crippen LogP contribution in [0.1, 0.15) is 44.1 Å². The minimum atomic E-state index is -0.0352. The normalized spacial score (nSPS) is 19.7. The van der Waals surface area contributed by atoms with Crippen molar-refractivity contribution in [2.45, 2.75) is 38.5 Å². The molecule has 1 aromatic heterocycles. The Morgan fingerprint density at radius 3 is 2.80 bits per heavy atom. The summed E-state index contributed by atoms with van der Waals surface area (Å²) in [6.45, 7) is 0. The third-order valence-corrected chi connectivity index (χ3v) is 4.14. The van der Waals surface area contributed by atoms with E-state index < -0.39 is 0 Å². The zero-order chi connectivity index (χ0) is 14.1. The van der Waals surface area contributed by atoms with Crippen molar-refractivity contribution >= 4 is 11.4 Å². The Morgan fingerprint density at radius 2 is 2.10 bits per heavy atom. The summed E-state index contributed by atoms with van der Waals surface area (Å²) in [5.41, 5.74) is 4.52. The van der Waals surface area contributed by atoms with Gasteiger partial charge in [-0.2, -0.15) is 10.4 Å². The van der Waals surface area contributed by atoms with Gasteiger partial charge in [-0.25, -0.2) is 0 Å². The van der Waals surface area contributed by atoms with Crippen LogP contribution in [0.25, 0.3) is 5.57 Å². The van der Waals surface area contributed by atoms with E-state index in [-0.39, 0.29) is 5.78 Å². The summed E-state index contributed by atoms with van der Waals surface area (Å²) in [6, 6.07) is 2.12. The summed E-state index contributed by atoms with van der Waals surface area (Å²) in [5, 5.41) is 13.6. The van der Waals surface area contributed by atoms with E-state index in [9.17, 15) is 10.1 Å². The molecule has 0 saturated carbocycles. The van der Waals surface area contributed by atoms with Crippen molar-refractivity contribution in [3.63, 3.8) is 0 Å². The average molecular weight is 267 g/mol. The third kappa shape index (κ3) is 2.09. The van der Waals surface area contributed by atoms with Crippen molar-refractivity contribution in [3.05, 3.63) is 34.7 Å². The summed E-state index contributed by atoms with van der Waals surface area (Å²) in [4.78, 5) is 12.2. The van der Waals surface area contributed by atoms with Crippen LogP contribution in [0.3, 0.4) is 0 Å². The minimum absolute atomic E-state index is 0.0352. The lowest BCUT2D eigenvalue weighted by Gasteiger charge is -2.21. The van der Waals surface area contributed by atoms with Crippen LogP contribution in [0.15, 0.2) is 29.1 Å². The van der Waals surface area contributed by atoms with Crippen LogP contribution in [0.2, 0.25) is 0 Å². The van der Waals surface area contributed by atoms with Gasteiger partial charge in [0.05, 0.1) is 6.20 Å². The molecule has 2 aliphatic carbocycles. The van der Waals surface area contributed by atoms with Crippen LogP contribution >= 0.6 is 0 Å². The van der Waals surface area contributed by atoms with Gasteiger partial charge in [0.15, 0.2) is 5.78 Å². The highest BCUT2D eigenvalue weighted by Gasteiger charge is 2.29. The molecule has 0 unspecified atom stereocenters. The maximum atomic E-state index is 12.2. The van der Waals surface area contributed by atoms with E-state index in [1.54, 1.807) is 10.9 Å². The number of rotatable bonds is 1. The number of hydrogen-bond acceptors (Lipinski definition) is 3. The molecule has 0 amide bonds. The van der Waals surface area contributed by atoms with Gasteiger partial charge in [0.25, 0.3) is 0 Å². The molecule has 0 radical (unpaired) electrons. The summed E-state index contributed by atoms with van der Waals surface area (Å²) < 4.78 is 1.72. The van der Waals surface area contributed by atoms with E-state index in [1.807, 2.05) is 13.2 Å². The first-order valence-corrected chi connectivity index (χ1v) is 7.08. The first-order chi connectivity index (χ1) is 9.70. The number of nitriles is 1. The highest BCUT2D eigenvalue weighted by Crippen LogP contribution is 2.41. The molecule has 0 aromatic carbocycles. The molecule has 4 heteroatoms. The van der Waals surface area contributed by atoms with Crippen LogP contribution in [-0.4, -0.2) is 15.6 Å². The Kier molecular flexibility index (Phi) is 3.27. The summed E-state index contributed by atoms with van der Waals surface area (Å²) in [7, 11) is 1.85. The number of aryl methyl sites for hydroxylation is 1. The van der Waals surface area contributed by atoms with Gasteiger partial charge in [-0.3, -0.25) is 9.48 Å². The molecule has 0 spiro atoms. The second-order valence-electron chi connectivity index (χ2n) is 5.51. The number of allylic oxidation sites excluding steroid dienone is 4. The number of carbonyl (C=O) groups excluding carboxylic acids is 1. The van der Waals surface area contributed by atoms with Crippen LogP contribution in [0.5, 0.6) is 0 Å². The predicted molar refractivity (Wildman–Crippen MR) is 75.5 cm³/mol. The molecule has 0 N–H and O–H groups in total. The predicted octanol–water partition coefficient (Wildman–Crippen LogP) is 2.93. The molecule has 20 heavy (non-hydrogen) atoms. The molecule has 0 bridgehead atoms. The van der Waals surface area contributed by atoms with E-state index in [0.717, 1.165) is 36.8 Å². The lowest BCUT2D eigenvalue weighted by atomic mass is 9.80. The molecule has 0 fully saturated rings. The zero-order valence-corrected chi connectivity index (χ0v) is 11.6. The molecule has 4 nitrogen and oxygen atoms in total. The van der Waals surface area contributed by atoms with Crippen molar-refractivity contribution in [3.8, 4) is 6.07 Å². The lowest BCUT2D eigenvalue weighted by Crippen LogP contribution is -2.14. The topological polar surface area (TPSA) is 58.7 Å². The highest BCUT2D eigenvalue weighted by molar-refractivity contribution is 6.12. The fourth-order valence-electron chi connectivity index (χ4n) is 3.20. The second kappa shape index (κ2) is 5.09. The number of hydrogen-bond donors (Lipinski definition) is 0. The van der Waals surface area contributed by atoms with Gasteiger partial charge in [-0.15, -0.1) is 0 Å². The Bertz CT molecular complexity index is 670. The number of nitrogens with zero attached hydrogens (tertiary/aromatic N) is 3. The first-order valence-electron chi connectivity index (χ1n) is 7.08.